The van der Waals surface area contributed by atoms with Crippen LogP contribution in [-0.2, 0) is 0 Å². The molecule has 0 radical (unpaired) electrons. The SMILES string of the molecule is N#C/C(=C\c1ccccc1Cl)c1nc2ccc(Br)cc2c(=O)[nH]1. The van der Waals surface area contributed by atoms with Gasteiger partial charge in [0.05, 0.1) is 16.5 Å². The highest BCUT2D eigenvalue weighted by molar-refractivity contribution is 9.10. The summed E-state index contributed by atoms with van der Waals surface area (Å²) in [6.45, 7) is 0. The van der Waals surface area contributed by atoms with E-state index >= 15 is 0 Å². The standard InChI is InChI=1S/C17H9BrClN3O/c18-12-5-6-15-13(8-12)17(23)22-16(21-15)11(9-20)7-10-3-1-2-4-14(10)19/h1-8H,(H,21,22,23)/b11-7+. The molecule has 0 spiro atoms. The number of fused-ring (bicyclic) bond motifs is 1. The van der Waals surface area contributed by atoms with Crippen molar-refractivity contribution >= 4 is 50.1 Å². The molecular weight excluding hydrogens is 378 g/mol. The largest absolute Gasteiger partial charge is 0.305 e. The molecule has 0 atom stereocenters. The maximum absolute atomic E-state index is 12.2. The van der Waals surface area contributed by atoms with Crippen LogP contribution in [0.3, 0.4) is 0 Å². The van der Waals surface area contributed by atoms with Crippen LogP contribution >= 0.6 is 27.5 Å². The maximum atomic E-state index is 12.2. The number of aromatic amines is 1. The molecule has 0 aliphatic carbocycles. The number of allylic oxidation sites excluding steroid dienone is 1. The highest BCUT2D eigenvalue weighted by atomic mass is 79.9. The molecule has 4 nitrogen and oxygen atoms in total. The van der Waals surface area contributed by atoms with E-state index in [0.717, 1.165) is 4.47 Å². The van der Waals surface area contributed by atoms with Crippen LogP contribution in [0.2, 0.25) is 5.02 Å². The summed E-state index contributed by atoms with van der Waals surface area (Å²) in [6.07, 6.45) is 1.60. The van der Waals surface area contributed by atoms with Crippen LogP contribution in [0.15, 0.2) is 51.7 Å². The highest BCUT2D eigenvalue weighted by Crippen LogP contribution is 2.22. The third-order valence-corrected chi connectivity index (χ3v) is 4.09. The lowest BCUT2D eigenvalue weighted by atomic mass is 10.1. The molecule has 6 heteroatoms. The van der Waals surface area contributed by atoms with E-state index in [0.29, 0.717) is 21.5 Å². The normalized spacial score (nSPS) is 11.4. The van der Waals surface area contributed by atoms with Crippen LogP contribution in [-0.4, -0.2) is 9.97 Å². The van der Waals surface area contributed by atoms with Gasteiger partial charge >= 0.3 is 0 Å². The van der Waals surface area contributed by atoms with Crippen molar-refractivity contribution in [1.29, 1.82) is 5.26 Å². The number of nitrogens with one attached hydrogen (secondary N) is 1. The second kappa shape index (κ2) is 6.37. The Balaban J connectivity index is 2.18. The number of hydrogen-bond acceptors (Lipinski definition) is 3. The molecule has 3 aromatic rings. The topological polar surface area (TPSA) is 69.5 Å². The van der Waals surface area contributed by atoms with Gasteiger partial charge in [0.1, 0.15) is 6.07 Å². The summed E-state index contributed by atoms with van der Waals surface area (Å²) in [7, 11) is 0. The lowest BCUT2D eigenvalue weighted by Gasteiger charge is -2.03. The minimum atomic E-state index is -0.299. The molecule has 1 N–H and O–H groups in total. The van der Waals surface area contributed by atoms with Gasteiger partial charge in [0.25, 0.3) is 5.56 Å². The Hall–Kier alpha value is -2.42. The minimum Gasteiger partial charge on any atom is -0.305 e. The molecule has 0 fully saturated rings. The van der Waals surface area contributed by atoms with E-state index in [1.165, 1.54) is 0 Å². The van der Waals surface area contributed by atoms with E-state index in [2.05, 4.69) is 32.0 Å². The molecule has 0 aliphatic heterocycles. The van der Waals surface area contributed by atoms with Crippen molar-refractivity contribution in [2.24, 2.45) is 0 Å². The van der Waals surface area contributed by atoms with Crippen LogP contribution in [0.25, 0.3) is 22.6 Å². The molecule has 23 heavy (non-hydrogen) atoms. The van der Waals surface area contributed by atoms with Gasteiger partial charge in [-0.2, -0.15) is 5.26 Å². The Bertz CT molecular complexity index is 1030. The number of rotatable bonds is 2. The van der Waals surface area contributed by atoms with Crippen molar-refractivity contribution in [1.82, 2.24) is 9.97 Å². The number of halogens is 2. The zero-order valence-electron chi connectivity index (χ0n) is 11.7. The molecule has 1 aromatic heterocycles. The smallest absolute Gasteiger partial charge is 0.259 e. The molecule has 0 saturated carbocycles. The first kappa shape index (κ1) is 15.5. The van der Waals surface area contributed by atoms with Crippen molar-refractivity contribution in [3.63, 3.8) is 0 Å². The number of aromatic nitrogens is 2. The Labute approximate surface area is 145 Å². The summed E-state index contributed by atoms with van der Waals surface area (Å²) in [5.41, 5.74) is 1.14. The number of benzene rings is 2. The lowest BCUT2D eigenvalue weighted by molar-refractivity contribution is 1.13. The number of nitrogens with zero attached hydrogens (tertiary/aromatic N) is 2. The van der Waals surface area contributed by atoms with Crippen LogP contribution in [0, 0.1) is 11.3 Å². The lowest BCUT2D eigenvalue weighted by Crippen LogP contribution is -2.11. The second-order valence-corrected chi connectivity index (χ2v) is 6.09. The summed E-state index contributed by atoms with van der Waals surface area (Å²) in [5, 5.41) is 10.4. The summed E-state index contributed by atoms with van der Waals surface area (Å²) < 4.78 is 0.789. The Kier molecular flexibility index (Phi) is 4.28. The van der Waals surface area contributed by atoms with Crippen LogP contribution < -0.4 is 5.56 Å². The van der Waals surface area contributed by atoms with E-state index in [1.807, 2.05) is 6.07 Å². The molecule has 0 saturated heterocycles. The van der Waals surface area contributed by atoms with Crippen LogP contribution in [0.4, 0.5) is 0 Å². The molecule has 0 aliphatic rings. The van der Waals surface area contributed by atoms with Gasteiger partial charge < -0.3 is 4.98 Å². The zero-order chi connectivity index (χ0) is 16.4. The van der Waals surface area contributed by atoms with E-state index < -0.39 is 0 Å². The van der Waals surface area contributed by atoms with Crippen molar-refractivity contribution in [3.05, 3.63) is 73.7 Å². The summed E-state index contributed by atoms with van der Waals surface area (Å²) in [4.78, 5) is 19.2. The molecular formula is C17H9BrClN3O. The Morgan fingerprint density at radius 3 is 2.83 bits per heavy atom. The minimum absolute atomic E-state index is 0.215. The summed E-state index contributed by atoms with van der Waals surface area (Å²) in [5.74, 6) is 0.215. The average Bonchev–Trinajstić information content (AvgIpc) is 2.54. The molecule has 0 bridgehead atoms. The molecule has 0 amide bonds. The number of hydrogen-bond donors (Lipinski definition) is 1. The second-order valence-electron chi connectivity index (χ2n) is 4.77. The fourth-order valence-corrected chi connectivity index (χ4v) is 2.69. The van der Waals surface area contributed by atoms with Gasteiger partial charge in [-0.25, -0.2) is 4.98 Å². The van der Waals surface area contributed by atoms with Crippen molar-refractivity contribution < 1.29 is 0 Å². The van der Waals surface area contributed by atoms with Gasteiger partial charge in [0, 0.05) is 9.50 Å². The predicted octanol–water partition coefficient (Wildman–Crippen LogP) is 4.40. The van der Waals surface area contributed by atoms with E-state index in [4.69, 9.17) is 11.6 Å². The first-order valence-electron chi connectivity index (χ1n) is 6.65. The van der Waals surface area contributed by atoms with E-state index in [9.17, 15) is 10.1 Å². The Morgan fingerprint density at radius 2 is 2.09 bits per heavy atom. The van der Waals surface area contributed by atoms with Crippen LogP contribution in [0.1, 0.15) is 11.4 Å². The Morgan fingerprint density at radius 1 is 1.30 bits per heavy atom. The van der Waals surface area contributed by atoms with E-state index in [-0.39, 0.29) is 17.0 Å². The van der Waals surface area contributed by atoms with Gasteiger partial charge in [-0.15, -0.1) is 0 Å². The summed E-state index contributed by atoms with van der Waals surface area (Å²) >= 11 is 9.43. The number of H-pyrrole nitrogens is 1. The van der Waals surface area contributed by atoms with Gasteiger partial charge in [-0.05, 0) is 35.9 Å². The van der Waals surface area contributed by atoms with Gasteiger partial charge in [-0.3, -0.25) is 4.79 Å². The maximum Gasteiger partial charge on any atom is 0.259 e. The third-order valence-electron chi connectivity index (χ3n) is 3.25. The predicted molar refractivity (Wildman–Crippen MR) is 95.0 cm³/mol. The van der Waals surface area contributed by atoms with Gasteiger partial charge in [0.2, 0.25) is 0 Å². The third kappa shape index (κ3) is 3.19. The summed E-state index contributed by atoms with van der Waals surface area (Å²) in [6, 6.07) is 14.4. The fourth-order valence-electron chi connectivity index (χ4n) is 2.14. The van der Waals surface area contributed by atoms with Crippen molar-refractivity contribution in [2.45, 2.75) is 0 Å². The first-order valence-corrected chi connectivity index (χ1v) is 7.82. The quantitative estimate of drug-likeness (QED) is 0.664. The van der Waals surface area contributed by atoms with Crippen LogP contribution in [0.5, 0.6) is 0 Å². The van der Waals surface area contributed by atoms with Gasteiger partial charge in [0.15, 0.2) is 5.82 Å². The molecule has 112 valence electrons. The van der Waals surface area contributed by atoms with Crippen molar-refractivity contribution in [2.75, 3.05) is 0 Å². The number of nitriles is 1. The average molecular weight is 387 g/mol. The monoisotopic (exact) mass is 385 g/mol. The zero-order valence-corrected chi connectivity index (χ0v) is 14.0. The molecule has 3 rings (SSSR count). The molecule has 1 heterocycles. The fraction of sp³-hybridized carbons (Fsp3) is 0. The van der Waals surface area contributed by atoms with Gasteiger partial charge in [-0.1, -0.05) is 45.7 Å². The molecule has 0 unspecified atom stereocenters. The van der Waals surface area contributed by atoms with E-state index in [1.54, 1.807) is 42.5 Å². The molecule has 2 aromatic carbocycles. The first-order chi connectivity index (χ1) is 11.1. The highest BCUT2D eigenvalue weighted by Gasteiger charge is 2.09. The van der Waals surface area contributed by atoms with Crippen molar-refractivity contribution in [3.8, 4) is 6.07 Å².